The number of amides is 1. The topological polar surface area (TPSA) is 50.8 Å². The van der Waals surface area contributed by atoms with Gasteiger partial charge in [0.05, 0.1) is 12.1 Å². The van der Waals surface area contributed by atoms with E-state index < -0.39 is 5.60 Å². The predicted molar refractivity (Wildman–Crippen MR) is 111 cm³/mol. The Labute approximate surface area is 173 Å². The second kappa shape index (κ2) is 9.90. The smallest absolute Gasteiger partial charge is 0.407 e. The van der Waals surface area contributed by atoms with E-state index in [0.717, 1.165) is 51.9 Å². The van der Waals surface area contributed by atoms with Crippen molar-refractivity contribution in [1.82, 2.24) is 10.2 Å². The van der Waals surface area contributed by atoms with Gasteiger partial charge in [-0.25, -0.2) is 9.18 Å². The quantitative estimate of drug-likeness (QED) is 0.798. The summed E-state index contributed by atoms with van der Waals surface area (Å²) in [5.74, 6) is 0.382. The van der Waals surface area contributed by atoms with Crippen molar-refractivity contribution in [2.45, 2.75) is 70.6 Å². The monoisotopic (exact) mass is 406 g/mol. The van der Waals surface area contributed by atoms with Crippen molar-refractivity contribution in [2.75, 3.05) is 26.2 Å². The molecule has 6 heteroatoms. The Hall–Kier alpha value is -1.66. The highest BCUT2D eigenvalue weighted by atomic mass is 19.1. The minimum atomic E-state index is -0.504. The van der Waals surface area contributed by atoms with Gasteiger partial charge in [0.1, 0.15) is 11.4 Å². The molecule has 2 heterocycles. The molecule has 3 atom stereocenters. The van der Waals surface area contributed by atoms with Crippen molar-refractivity contribution in [3.8, 4) is 0 Å². The molecule has 3 rings (SSSR count). The molecule has 2 fully saturated rings. The van der Waals surface area contributed by atoms with E-state index >= 15 is 0 Å². The van der Waals surface area contributed by atoms with Crippen LogP contribution < -0.4 is 5.32 Å². The van der Waals surface area contributed by atoms with Gasteiger partial charge >= 0.3 is 6.09 Å². The first-order valence-electron chi connectivity index (χ1n) is 10.9. The zero-order valence-electron chi connectivity index (χ0n) is 18.0. The maximum Gasteiger partial charge on any atom is 0.407 e. The van der Waals surface area contributed by atoms with Gasteiger partial charge in [-0.05, 0) is 83.0 Å². The minimum Gasteiger partial charge on any atom is -0.444 e. The molecular weight excluding hydrogens is 371 g/mol. The number of likely N-dealkylation sites (tertiary alicyclic amines) is 1. The number of carbonyl (C=O) groups excluding carboxylic acids is 1. The van der Waals surface area contributed by atoms with Crippen molar-refractivity contribution < 1.29 is 18.7 Å². The Bertz CT molecular complexity index is 659. The fourth-order valence-electron chi connectivity index (χ4n) is 4.34. The number of nitrogens with zero attached hydrogens (tertiary/aromatic N) is 1. The van der Waals surface area contributed by atoms with E-state index in [1.54, 1.807) is 12.1 Å². The summed E-state index contributed by atoms with van der Waals surface area (Å²) in [6, 6.07) is 6.84. The van der Waals surface area contributed by atoms with Crippen LogP contribution in [-0.4, -0.2) is 55.0 Å². The van der Waals surface area contributed by atoms with Crippen LogP contribution in [0.5, 0.6) is 0 Å². The molecule has 0 aromatic heterocycles. The molecular formula is C23H35FN2O3. The Morgan fingerprint density at radius 1 is 1.24 bits per heavy atom. The van der Waals surface area contributed by atoms with Crippen molar-refractivity contribution >= 4 is 6.09 Å². The van der Waals surface area contributed by atoms with Crippen LogP contribution in [0.15, 0.2) is 24.3 Å². The minimum absolute atomic E-state index is 0.0131. The van der Waals surface area contributed by atoms with Gasteiger partial charge in [0.25, 0.3) is 0 Å². The van der Waals surface area contributed by atoms with Crippen molar-refractivity contribution in [1.29, 1.82) is 0 Å². The van der Waals surface area contributed by atoms with Crippen LogP contribution in [-0.2, 0) is 15.9 Å². The van der Waals surface area contributed by atoms with Crippen molar-refractivity contribution in [3.05, 3.63) is 35.6 Å². The zero-order chi connectivity index (χ0) is 20.9. The first-order chi connectivity index (χ1) is 13.8. The summed E-state index contributed by atoms with van der Waals surface area (Å²) in [5.41, 5.74) is 0.687. The number of rotatable bonds is 5. The number of nitrogens with one attached hydrogen (secondary N) is 1. The Kier molecular flexibility index (Phi) is 7.52. The third-order valence-corrected chi connectivity index (χ3v) is 5.62. The third-order valence-electron chi connectivity index (χ3n) is 5.62. The number of piperidine rings is 1. The van der Waals surface area contributed by atoms with Crippen LogP contribution in [0.2, 0.25) is 0 Å². The first kappa shape index (κ1) is 22.0. The normalized spacial score (nSPS) is 26.1. The largest absolute Gasteiger partial charge is 0.444 e. The van der Waals surface area contributed by atoms with Gasteiger partial charge in [-0.2, -0.15) is 0 Å². The molecule has 2 saturated heterocycles. The van der Waals surface area contributed by atoms with Crippen LogP contribution in [0, 0.1) is 11.7 Å². The van der Waals surface area contributed by atoms with E-state index in [1.807, 2.05) is 32.9 Å². The molecule has 2 aliphatic rings. The summed E-state index contributed by atoms with van der Waals surface area (Å²) in [5, 5.41) is 3.02. The molecule has 1 unspecified atom stereocenters. The Morgan fingerprint density at radius 2 is 2.00 bits per heavy atom. The van der Waals surface area contributed by atoms with Crippen LogP contribution in [0.25, 0.3) is 0 Å². The van der Waals surface area contributed by atoms with Crippen LogP contribution in [0.1, 0.15) is 52.0 Å². The first-order valence-corrected chi connectivity index (χ1v) is 10.9. The number of benzene rings is 1. The molecule has 0 bridgehead atoms. The summed E-state index contributed by atoms with van der Waals surface area (Å²) < 4.78 is 24.6. The number of hydrogen-bond acceptors (Lipinski definition) is 4. The van der Waals surface area contributed by atoms with Gasteiger partial charge in [-0.3, -0.25) is 0 Å². The van der Waals surface area contributed by atoms with Gasteiger partial charge < -0.3 is 19.7 Å². The average molecular weight is 407 g/mol. The Balaban J connectivity index is 1.52. The summed E-state index contributed by atoms with van der Waals surface area (Å²) in [6.45, 7) is 9.24. The van der Waals surface area contributed by atoms with Crippen LogP contribution >= 0.6 is 0 Å². The van der Waals surface area contributed by atoms with Crippen molar-refractivity contribution in [3.63, 3.8) is 0 Å². The zero-order valence-corrected chi connectivity index (χ0v) is 18.0. The lowest BCUT2D eigenvalue weighted by Crippen LogP contribution is -2.53. The fourth-order valence-corrected chi connectivity index (χ4v) is 4.34. The lowest BCUT2D eigenvalue weighted by Gasteiger charge is -2.39. The lowest BCUT2D eigenvalue weighted by atomic mass is 9.90. The number of halogens is 1. The molecule has 5 nitrogen and oxygen atoms in total. The fraction of sp³-hybridized carbons (Fsp3) is 0.696. The van der Waals surface area contributed by atoms with E-state index in [0.29, 0.717) is 5.92 Å². The van der Waals surface area contributed by atoms with Gasteiger partial charge in [-0.15, -0.1) is 0 Å². The number of alkyl carbamates (subject to hydrolysis) is 1. The van der Waals surface area contributed by atoms with E-state index in [-0.39, 0.29) is 24.1 Å². The van der Waals surface area contributed by atoms with Gasteiger partial charge in [-0.1, -0.05) is 12.1 Å². The molecule has 29 heavy (non-hydrogen) atoms. The van der Waals surface area contributed by atoms with Gasteiger partial charge in [0.15, 0.2) is 0 Å². The molecule has 162 valence electrons. The summed E-state index contributed by atoms with van der Waals surface area (Å²) in [4.78, 5) is 14.7. The van der Waals surface area contributed by atoms with Crippen molar-refractivity contribution in [2.24, 2.45) is 5.92 Å². The molecule has 0 saturated carbocycles. The predicted octanol–water partition coefficient (Wildman–Crippen LogP) is 4.15. The number of ether oxygens (including phenoxy) is 2. The SMILES string of the molecule is CC(C)(C)OC(=O)N[C@@H]1CCCO[C@H]1CN1CCCC(Cc2ccc(F)cc2)C1. The molecule has 1 amide bonds. The average Bonchev–Trinajstić information content (AvgIpc) is 2.64. The third kappa shape index (κ3) is 7.27. The second-order valence-electron chi connectivity index (χ2n) is 9.40. The molecule has 1 N–H and O–H groups in total. The molecule has 2 aliphatic heterocycles. The van der Waals surface area contributed by atoms with E-state index in [9.17, 15) is 9.18 Å². The standard InChI is InChI=1S/C23H35FN2O3/c1-23(2,3)29-22(27)25-20-7-5-13-28-21(20)16-26-12-4-6-18(15-26)14-17-8-10-19(24)11-9-17/h8-11,18,20-21H,4-7,12-16H2,1-3H3,(H,25,27)/t18?,20-,21+/m1/s1. The second-order valence-corrected chi connectivity index (χ2v) is 9.40. The molecule has 1 aromatic carbocycles. The van der Waals surface area contributed by atoms with E-state index in [4.69, 9.17) is 9.47 Å². The molecule has 0 spiro atoms. The van der Waals surface area contributed by atoms with E-state index in [2.05, 4.69) is 10.2 Å². The van der Waals surface area contributed by atoms with Gasteiger partial charge in [0, 0.05) is 19.7 Å². The summed E-state index contributed by atoms with van der Waals surface area (Å²) >= 11 is 0. The van der Waals surface area contributed by atoms with Crippen LogP contribution in [0.4, 0.5) is 9.18 Å². The highest BCUT2D eigenvalue weighted by Gasteiger charge is 2.32. The molecule has 1 aromatic rings. The van der Waals surface area contributed by atoms with Gasteiger partial charge in [0.2, 0.25) is 0 Å². The lowest BCUT2D eigenvalue weighted by molar-refractivity contribution is -0.0364. The van der Waals surface area contributed by atoms with E-state index in [1.165, 1.54) is 12.0 Å². The number of carbonyl (C=O) groups is 1. The Morgan fingerprint density at radius 3 is 2.72 bits per heavy atom. The van der Waals surface area contributed by atoms with Crippen LogP contribution in [0.3, 0.4) is 0 Å². The number of hydrogen-bond donors (Lipinski definition) is 1. The molecule has 0 radical (unpaired) electrons. The highest BCUT2D eigenvalue weighted by Crippen LogP contribution is 2.23. The molecule has 0 aliphatic carbocycles. The highest BCUT2D eigenvalue weighted by molar-refractivity contribution is 5.68. The summed E-state index contributed by atoms with van der Waals surface area (Å²) in [6.07, 6.45) is 4.80. The summed E-state index contributed by atoms with van der Waals surface area (Å²) in [7, 11) is 0. The maximum atomic E-state index is 13.1. The maximum absolute atomic E-state index is 13.1.